The maximum absolute atomic E-state index is 13.7. The molecule has 0 amide bonds. The molecule has 0 bridgehead atoms. The first-order chi connectivity index (χ1) is 19.1. The fraction of sp³-hybridized carbons (Fsp3) is 0.607. The van der Waals surface area contributed by atoms with Gasteiger partial charge < -0.3 is 19.9 Å². The van der Waals surface area contributed by atoms with Gasteiger partial charge in [0.15, 0.2) is 5.52 Å². The molecule has 12 heteroatoms. The van der Waals surface area contributed by atoms with Crippen molar-refractivity contribution in [2.75, 3.05) is 26.3 Å². The number of H-pyrrole nitrogens is 1. The number of aromatic nitrogens is 4. The van der Waals surface area contributed by atoms with Gasteiger partial charge in [0.25, 0.3) is 5.56 Å². The van der Waals surface area contributed by atoms with Crippen LogP contribution in [0.5, 0.6) is 5.75 Å². The van der Waals surface area contributed by atoms with Gasteiger partial charge in [0, 0.05) is 26.7 Å². The van der Waals surface area contributed by atoms with Crippen LogP contribution in [0.25, 0.3) is 22.4 Å². The summed E-state index contributed by atoms with van der Waals surface area (Å²) in [6, 6.07) is 4.62. The van der Waals surface area contributed by atoms with Gasteiger partial charge in [0.2, 0.25) is 10.0 Å². The van der Waals surface area contributed by atoms with Gasteiger partial charge in [-0.3, -0.25) is 9.48 Å². The first-order valence-electron chi connectivity index (χ1n) is 14.2. The van der Waals surface area contributed by atoms with E-state index in [1.54, 1.807) is 13.1 Å². The highest BCUT2D eigenvalue weighted by molar-refractivity contribution is 7.89. The third-order valence-corrected chi connectivity index (χ3v) is 9.73. The molecule has 11 nitrogen and oxygen atoms in total. The predicted molar refractivity (Wildman–Crippen MR) is 153 cm³/mol. The molecule has 2 aromatic heterocycles. The van der Waals surface area contributed by atoms with Crippen LogP contribution < -0.4 is 10.3 Å². The van der Waals surface area contributed by atoms with E-state index in [-0.39, 0.29) is 48.3 Å². The summed E-state index contributed by atoms with van der Waals surface area (Å²) in [5.41, 5.74) is 0.580. The maximum atomic E-state index is 13.7. The van der Waals surface area contributed by atoms with Crippen LogP contribution in [0.2, 0.25) is 0 Å². The first-order valence-corrected chi connectivity index (χ1v) is 15.6. The molecule has 3 N–H and O–H groups in total. The minimum atomic E-state index is -3.87. The Balaban J connectivity index is 1.69. The number of hydrogen-bond donors (Lipinski definition) is 3. The maximum Gasteiger partial charge on any atom is 0.277 e. The Morgan fingerprint density at radius 2 is 1.88 bits per heavy atom. The van der Waals surface area contributed by atoms with Crippen LogP contribution in [0, 0.1) is 5.92 Å². The number of hydrogen-bond acceptors (Lipinski definition) is 8. The van der Waals surface area contributed by atoms with Gasteiger partial charge in [0.05, 0.1) is 28.4 Å². The van der Waals surface area contributed by atoms with Crippen molar-refractivity contribution in [1.29, 1.82) is 0 Å². The molecule has 1 aliphatic rings. The average molecular weight is 576 g/mol. The molecule has 3 aromatic rings. The van der Waals surface area contributed by atoms with E-state index < -0.39 is 15.6 Å². The van der Waals surface area contributed by atoms with Gasteiger partial charge in [-0.2, -0.15) is 9.40 Å². The van der Waals surface area contributed by atoms with Gasteiger partial charge in [-0.15, -0.1) is 0 Å². The Kier molecular flexibility index (Phi) is 9.33. The molecule has 1 atom stereocenters. The zero-order chi connectivity index (χ0) is 29.1. The normalized spacial score (nSPS) is 16.9. The van der Waals surface area contributed by atoms with Crippen LogP contribution in [-0.4, -0.2) is 74.6 Å². The van der Waals surface area contributed by atoms with Gasteiger partial charge >= 0.3 is 0 Å². The fourth-order valence-electron chi connectivity index (χ4n) is 5.86. The summed E-state index contributed by atoms with van der Waals surface area (Å²) >= 11 is 0. The summed E-state index contributed by atoms with van der Waals surface area (Å²) in [5.74, 6) is 0.549. The summed E-state index contributed by atoms with van der Waals surface area (Å²) in [4.78, 5) is 20.7. The monoisotopic (exact) mass is 575 g/mol. The van der Waals surface area contributed by atoms with Crippen molar-refractivity contribution in [3.05, 3.63) is 34.2 Å². The summed E-state index contributed by atoms with van der Waals surface area (Å²) in [6.07, 6.45) is 4.14. The Labute approximate surface area is 235 Å². The molecule has 0 saturated carbocycles. The van der Waals surface area contributed by atoms with Gasteiger partial charge in [-0.1, -0.05) is 26.7 Å². The van der Waals surface area contributed by atoms with Gasteiger partial charge in [-0.25, -0.2) is 13.4 Å². The van der Waals surface area contributed by atoms with Crippen molar-refractivity contribution >= 4 is 21.1 Å². The first kappa shape index (κ1) is 30.2. The van der Waals surface area contributed by atoms with Crippen molar-refractivity contribution in [2.24, 2.45) is 13.0 Å². The quantitative estimate of drug-likeness (QED) is 0.298. The fourth-order valence-corrected chi connectivity index (χ4v) is 7.35. The standard InChI is InChI=1S/C28H41N5O6S/c1-5-8-22-24-25(32(4)31-22)27(35)30-26(29-24)21-18-20(9-10-23(21)39-7-3)40(37,38)33-15-11-19(12-16-33)28(36,13-6-2)14-17-34/h9-10,18-19,34,36H,5-8,11-17H2,1-4H3,(H,29,30,35). The summed E-state index contributed by atoms with van der Waals surface area (Å²) in [6.45, 7) is 6.62. The van der Waals surface area contributed by atoms with E-state index in [4.69, 9.17) is 9.72 Å². The molecule has 0 radical (unpaired) electrons. The van der Waals surface area contributed by atoms with Crippen molar-refractivity contribution in [1.82, 2.24) is 24.1 Å². The van der Waals surface area contributed by atoms with Crippen LogP contribution in [0.3, 0.4) is 0 Å². The highest BCUT2D eigenvalue weighted by Crippen LogP contribution is 2.37. The van der Waals surface area contributed by atoms with Crippen LogP contribution >= 0.6 is 0 Å². The smallest absolute Gasteiger partial charge is 0.277 e. The largest absolute Gasteiger partial charge is 0.493 e. The Hall–Kier alpha value is -2.80. The van der Waals surface area contributed by atoms with Crippen LogP contribution in [-0.2, 0) is 23.5 Å². The predicted octanol–water partition coefficient (Wildman–Crippen LogP) is 2.99. The molecule has 220 valence electrons. The second kappa shape index (κ2) is 12.4. The molecule has 0 aliphatic carbocycles. The van der Waals surface area contributed by atoms with Crippen molar-refractivity contribution in [3.63, 3.8) is 0 Å². The van der Waals surface area contributed by atoms with E-state index in [1.807, 2.05) is 20.8 Å². The van der Waals surface area contributed by atoms with Gasteiger partial charge in [0.1, 0.15) is 17.1 Å². The molecule has 1 aliphatic heterocycles. The second-order valence-corrected chi connectivity index (χ2v) is 12.5. The van der Waals surface area contributed by atoms with Crippen LogP contribution in [0.4, 0.5) is 0 Å². The van der Waals surface area contributed by atoms with Gasteiger partial charge in [-0.05, 0) is 63.1 Å². The number of rotatable bonds is 12. The third-order valence-electron chi connectivity index (χ3n) is 7.83. The van der Waals surface area contributed by atoms with E-state index >= 15 is 0 Å². The Bertz CT molecular complexity index is 1480. The van der Waals surface area contributed by atoms with Crippen molar-refractivity contribution in [2.45, 2.75) is 76.2 Å². The van der Waals surface area contributed by atoms with Crippen molar-refractivity contribution in [3.8, 4) is 17.1 Å². The van der Waals surface area contributed by atoms with E-state index in [0.717, 1.165) is 12.8 Å². The topological polar surface area (TPSA) is 151 Å². The summed E-state index contributed by atoms with van der Waals surface area (Å²) < 4.78 is 36.2. The second-order valence-electron chi connectivity index (χ2n) is 10.5. The minimum Gasteiger partial charge on any atom is -0.493 e. The number of ether oxygens (including phenoxy) is 1. The SMILES string of the molecule is CCCc1nn(C)c2c(=O)[nH]c(-c3cc(S(=O)(=O)N4CCC(C(O)(CCC)CCO)CC4)ccc3OCC)nc12. The zero-order valence-corrected chi connectivity index (χ0v) is 24.6. The number of aryl methyl sites for hydroxylation is 2. The Morgan fingerprint density at radius 1 is 1.15 bits per heavy atom. The number of nitrogens with one attached hydrogen (secondary N) is 1. The number of fused-ring (bicyclic) bond motifs is 1. The van der Waals surface area contributed by atoms with Crippen LogP contribution in [0.15, 0.2) is 27.9 Å². The lowest BCUT2D eigenvalue weighted by molar-refractivity contribution is -0.0596. The molecule has 4 rings (SSSR count). The lowest BCUT2D eigenvalue weighted by Gasteiger charge is -2.41. The zero-order valence-electron chi connectivity index (χ0n) is 23.8. The number of benzene rings is 1. The number of aromatic amines is 1. The molecule has 3 heterocycles. The summed E-state index contributed by atoms with van der Waals surface area (Å²) in [7, 11) is -2.17. The number of piperidine rings is 1. The van der Waals surface area contributed by atoms with E-state index in [2.05, 4.69) is 10.1 Å². The molecule has 40 heavy (non-hydrogen) atoms. The third kappa shape index (κ3) is 5.81. The molecule has 0 spiro atoms. The molecule has 1 saturated heterocycles. The number of sulfonamides is 1. The molecular formula is C28H41N5O6S. The average Bonchev–Trinajstić information content (AvgIpc) is 3.24. The minimum absolute atomic E-state index is 0.0753. The molecule has 1 aromatic carbocycles. The number of nitrogens with zero attached hydrogens (tertiary/aromatic N) is 4. The number of aliphatic hydroxyl groups excluding tert-OH is 1. The lowest BCUT2D eigenvalue weighted by Crippen LogP contribution is -2.47. The molecule has 1 fully saturated rings. The highest BCUT2D eigenvalue weighted by Gasteiger charge is 2.40. The highest BCUT2D eigenvalue weighted by atomic mass is 32.2. The van der Waals surface area contributed by atoms with Crippen LogP contribution in [0.1, 0.15) is 65.0 Å². The van der Waals surface area contributed by atoms with Crippen molar-refractivity contribution < 1.29 is 23.4 Å². The molecule has 1 unspecified atom stereocenters. The van der Waals surface area contributed by atoms with E-state index in [1.165, 1.54) is 21.1 Å². The lowest BCUT2D eigenvalue weighted by atomic mass is 9.76. The van der Waals surface area contributed by atoms with E-state index in [0.29, 0.717) is 60.3 Å². The summed E-state index contributed by atoms with van der Waals surface area (Å²) in [5, 5.41) is 25.1. The number of aliphatic hydroxyl groups is 2. The molecular weight excluding hydrogens is 534 g/mol. The Morgan fingerprint density at radius 3 is 2.50 bits per heavy atom. The van der Waals surface area contributed by atoms with E-state index in [9.17, 15) is 23.4 Å².